The Hall–Kier alpha value is -2.31. The molecule has 0 unspecified atom stereocenters. The molecule has 3 rings (SSSR count). The second kappa shape index (κ2) is 6.64. The Balaban J connectivity index is 1.61. The number of aromatic nitrogens is 4. The maximum Gasteiger partial charge on any atom is 0.345 e. The molecule has 7 nitrogen and oxygen atoms in total. The second-order valence-electron chi connectivity index (χ2n) is 5.35. The van der Waals surface area contributed by atoms with E-state index < -0.39 is 5.97 Å². The van der Waals surface area contributed by atoms with E-state index in [4.69, 9.17) is 9.47 Å². The highest BCUT2D eigenvalue weighted by Gasteiger charge is 2.19. The fraction of sp³-hybridized carbons (Fsp3) is 0.533. The molecule has 2 heterocycles. The van der Waals surface area contributed by atoms with Gasteiger partial charge in [-0.15, -0.1) is 0 Å². The van der Waals surface area contributed by atoms with E-state index in [9.17, 15) is 4.79 Å². The van der Waals surface area contributed by atoms with Gasteiger partial charge >= 0.3 is 5.97 Å². The van der Waals surface area contributed by atoms with Crippen molar-refractivity contribution in [1.82, 2.24) is 20.0 Å². The predicted molar refractivity (Wildman–Crippen MR) is 78.6 cm³/mol. The van der Waals surface area contributed by atoms with Crippen LogP contribution < -0.4 is 4.74 Å². The maximum atomic E-state index is 11.7. The number of hydrogen-bond acceptors (Lipinski definition) is 5. The third-order valence-corrected chi connectivity index (χ3v) is 3.83. The lowest BCUT2D eigenvalue weighted by Crippen LogP contribution is -2.08. The lowest BCUT2D eigenvalue weighted by atomic mass is 10.3. The molecule has 1 saturated carbocycles. The minimum atomic E-state index is -0.442. The second-order valence-corrected chi connectivity index (χ2v) is 5.35. The van der Waals surface area contributed by atoms with Gasteiger partial charge in [-0.05, 0) is 25.8 Å². The smallest absolute Gasteiger partial charge is 0.345 e. The molecule has 0 saturated heterocycles. The summed E-state index contributed by atoms with van der Waals surface area (Å²) in [5, 5.41) is 11.0. The molecule has 1 aliphatic carbocycles. The summed E-state index contributed by atoms with van der Waals surface area (Å²) in [5.41, 5.74) is 1.13. The molecule has 7 heteroatoms. The Kier molecular flexibility index (Phi) is 4.41. The molecule has 2 aromatic rings. The average molecular weight is 304 g/mol. The van der Waals surface area contributed by atoms with Crippen LogP contribution in [0.2, 0.25) is 0 Å². The Labute approximate surface area is 128 Å². The van der Waals surface area contributed by atoms with Gasteiger partial charge in [0.25, 0.3) is 0 Å². The molecule has 2 aromatic heterocycles. The first-order chi connectivity index (χ1) is 10.8. The van der Waals surface area contributed by atoms with Crippen molar-refractivity contribution in [1.29, 1.82) is 0 Å². The molecular formula is C15H20N4O3. The molecule has 1 N–H and O–H groups in total. The highest BCUT2D eigenvalue weighted by molar-refractivity contribution is 5.91. The number of carbonyl (C=O) groups excluding carboxylic acids is 1. The fourth-order valence-corrected chi connectivity index (χ4v) is 2.71. The predicted octanol–water partition coefficient (Wildman–Crippen LogP) is 2.48. The van der Waals surface area contributed by atoms with Gasteiger partial charge in [0.2, 0.25) is 5.88 Å². The van der Waals surface area contributed by atoms with Crippen LogP contribution in [0.1, 0.15) is 54.7 Å². The van der Waals surface area contributed by atoms with Crippen molar-refractivity contribution in [3.63, 3.8) is 0 Å². The molecule has 0 atom stereocenters. The number of rotatable bonds is 6. The van der Waals surface area contributed by atoms with Gasteiger partial charge in [0.05, 0.1) is 24.5 Å². The van der Waals surface area contributed by atoms with Crippen LogP contribution in [0.5, 0.6) is 5.88 Å². The van der Waals surface area contributed by atoms with Crippen molar-refractivity contribution in [2.45, 2.75) is 45.3 Å². The van der Waals surface area contributed by atoms with Gasteiger partial charge in [-0.25, -0.2) is 9.89 Å². The van der Waals surface area contributed by atoms with Crippen LogP contribution in [0.4, 0.5) is 0 Å². The number of nitrogens with one attached hydrogen (secondary N) is 1. The summed E-state index contributed by atoms with van der Waals surface area (Å²) >= 11 is 0. The first-order valence-corrected chi connectivity index (χ1v) is 7.65. The summed E-state index contributed by atoms with van der Waals surface area (Å²) < 4.78 is 12.6. The average Bonchev–Trinajstić information content (AvgIpc) is 3.25. The lowest BCUT2D eigenvalue weighted by Gasteiger charge is -2.09. The van der Waals surface area contributed by atoms with Crippen molar-refractivity contribution in [2.75, 3.05) is 6.61 Å². The Morgan fingerprint density at radius 2 is 2.27 bits per heavy atom. The van der Waals surface area contributed by atoms with E-state index in [-0.39, 0.29) is 6.61 Å². The molecule has 118 valence electrons. The summed E-state index contributed by atoms with van der Waals surface area (Å²) in [6.07, 6.45) is 8.32. The summed E-state index contributed by atoms with van der Waals surface area (Å²) in [7, 11) is 0. The molecule has 1 aliphatic rings. The van der Waals surface area contributed by atoms with E-state index in [1.165, 1.54) is 31.9 Å². The van der Waals surface area contributed by atoms with E-state index in [2.05, 4.69) is 15.3 Å². The fourth-order valence-electron chi connectivity index (χ4n) is 2.71. The maximum absolute atomic E-state index is 11.7. The summed E-state index contributed by atoms with van der Waals surface area (Å²) in [6, 6.07) is 2.45. The number of carbonyl (C=O) groups is 1. The normalized spacial score (nSPS) is 15.1. The first kappa shape index (κ1) is 14.6. The zero-order chi connectivity index (χ0) is 15.4. The van der Waals surface area contributed by atoms with Crippen LogP contribution in [0, 0.1) is 0 Å². The molecular weight excluding hydrogens is 284 g/mol. The van der Waals surface area contributed by atoms with Crippen molar-refractivity contribution in [3.8, 4) is 5.88 Å². The molecule has 22 heavy (non-hydrogen) atoms. The molecule has 0 bridgehead atoms. The van der Waals surface area contributed by atoms with Crippen molar-refractivity contribution >= 4 is 5.97 Å². The van der Waals surface area contributed by atoms with Crippen LogP contribution >= 0.6 is 0 Å². The molecule has 1 fully saturated rings. The quantitative estimate of drug-likeness (QED) is 0.829. The number of esters is 1. The summed E-state index contributed by atoms with van der Waals surface area (Å²) in [5.74, 6) is -0.128. The number of hydrogen-bond donors (Lipinski definition) is 1. The zero-order valence-corrected chi connectivity index (χ0v) is 12.6. The molecule has 0 spiro atoms. The molecule has 0 aliphatic heterocycles. The van der Waals surface area contributed by atoms with E-state index in [0.717, 1.165) is 5.69 Å². The van der Waals surface area contributed by atoms with Gasteiger partial charge in [0.15, 0.2) is 0 Å². The summed E-state index contributed by atoms with van der Waals surface area (Å²) in [4.78, 5) is 11.7. The van der Waals surface area contributed by atoms with Crippen molar-refractivity contribution in [3.05, 3.63) is 29.7 Å². The van der Waals surface area contributed by atoms with E-state index in [0.29, 0.717) is 24.1 Å². The highest BCUT2D eigenvalue weighted by Crippen LogP contribution is 2.28. The Morgan fingerprint density at radius 1 is 1.45 bits per heavy atom. The Morgan fingerprint density at radius 3 is 3.05 bits per heavy atom. The van der Waals surface area contributed by atoms with E-state index in [1.807, 2.05) is 16.9 Å². The van der Waals surface area contributed by atoms with Crippen molar-refractivity contribution < 1.29 is 14.3 Å². The van der Waals surface area contributed by atoms with E-state index >= 15 is 0 Å². The topological polar surface area (TPSA) is 82.0 Å². The van der Waals surface area contributed by atoms with Crippen LogP contribution in [0.25, 0.3) is 0 Å². The van der Waals surface area contributed by atoms with Crippen LogP contribution in [-0.2, 0) is 11.3 Å². The first-order valence-electron chi connectivity index (χ1n) is 7.65. The number of ether oxygens (including phenoxy) is 2. The van der Waals surface area contributed by atoms with Gasteiger partial charge in [-0.1, -0.05) is 12.8 Å². The minimum absolute atomic E-state index is 0.286. The van der Waals surface area contributed by atoms with Gasteiger partial charge in [-0.3, -0.25) is 4.68 Å². The molecule has 0 radical (unpaired) electrons. The SMILES string of the molecule is CCOC(=O)c1cn[nH]c1OCc1ccn(C2CCCC2)n1. The summed E-state index contributed by atoms with van der Waals surface area (Å²) in [6.45, 7) is 2.36. The minimum Gasteiger partial charge on any atom is -0.471 e. The van der Waals surface area contributed by atoms with Crippen LogP contribution in [0.15, 0.2) is 18.5 Å². The van der Waals surface area contributed by atoms with Gasteiger partial charge in [-0.2, -0.15) is 10.2 Å². The van der Waals surface area contributed by atoms with Gasteiger partial charge < -0.3 is 9.47 Å². The van der Waals surface area contributed by atoms with Crippen LogP contribution in [-0.4, -0.2) is 32.6 Å². The third-order valence-electron chi connectivity index (χ3n) is 3.83. The standard InChI is InChI=1S/C15H20N4O3/c1-2-21-15(20)13-9-16-17-14(13)22-10-11-7-8-19(18-11)12-5-3-4-6-12/h7-9,12H,2-6,10H2,1H3,(H,16,17). The molecule has 0 amide bonds. The molecule has 0 aromatic carbocycles. The van der Waals surface area contributed by atoms with Crippen molar-refractivity contribution in [2.24, 2.45) is 0 Å². The van der Waals surface area contributed by atoms with Gasteiger partial charge in [0, 0.05) is 6.20 Å². The number of aromatic amines is 1. The van der Waals surface area contributed by atoms with E-state index in [1.54, 1.807) is 6.92 Å². The Bertz CT molecular complexity index is 628. The number of nitrogens with zero attached hydrogens (tertiary/aromatic N) is 3. The monoisotopic (exact) mass is 304 g/mol. The van der Waals surface area contributed by atoms with Crippen LogP contribution in [0.3, 0.4) is 0 Å². The van der Waals surface area contributed by atoms with Gasteiger partial charge in [0.1, 0.15) is 12.2 Å². The largest absolute Gasteiger partial charge is 0.471 e. The lowest BCUT2D eigenvalue weighted by molar-refractivity contribution is 0.0521. The third kappa shape index (κ3) is 3.13. The number of H-pyrrole nitrogens is 1. The highest BCUT2D eigenvalue weighted by atomic mass is 16.5. The zero-order valence-electron chi connectivity index (χ0n) is 12.6.